The van der Waals surface area contributed by atoms with E-state index in [0.717, 1.165) is 18.7 Å². The van der Waals surface area contributed by atoms with Crippen LogP contribution in [0.3, 0.4) is 0 Å². The molecule has 1 saturated carbocycles. The SMILES string of the molecule is Cc1nc(C(=O)N(Cc2nccn2C)C2CC2)n[nH]1. The topological polar surface area (TPSA) is 79.7 Å². The van der Waals surface area contributed by atoms with E-state index in [-0.39, 0.29) is 11.7 Å². The van der Waals surface area contributed by atoms with E-state index in [0.29, 0.717) is 18.4 Å². The van der Waals surface area contributed by atoms with Gasteiger partial charge in [0.2, 0.25) is 5.82 Å². The summed E-state index contributed by atoms with van der Waals surface area (Å²) in [6, 6.07) is 0.294. The van der Waals surface area contributed by atoms with Crippen molar-refractivity contribution in [1.82, 2.24) is 29.6 Å². The number of rotatable bonds is 4. The van der Waals surface area contributed by atoms with Crippen molar-refractivity contribution in [3.8, 4) is 0 Å². The summed E-state index contributed by atoms with van der Waals surface area (Å²) in [7, 11) is 1.93. The van der Waals surface area contributed by atoms with Crippen molar-refractivity contribution < 1.29 is 4.79 Å². The van der Waals surface area contributed by atoms with Crippen LogP contribution < -0.4 is 0 Å². The second kappa shape index (κ2) is 4.49. The number of aromatic amines is 1. The van der Waals surface area contributed by atoms with Gasteiger partial charge in [-0.05, 0) is 19.8 Å². The summed E-state index contributed by atoms with van der Waals surface area (Å²) in [4.78, 5) is 22.6. The van der Waals surface area contributed by atoms with Gasteiger partial charge in [0.1, 0.15) is 11.6 Å². The molecule has 7 heteroatoms. The van der Waals surface area contributed by atoms with E-state index in [9.17, 15) is 4.79 Å². The van der Waals surface area contributed by atoms with Gasteiger partial charge in [0.25, 0.3) is 5.91 Å². The van der Waals surface area contributed by atoms with Crippen LogP contribution in [0.4, 0.5) is 0 Å². The molecule has 1 aliphatic carbocycles. The first-order valence-corrected chi connectivity index (χ1v) is 6.31. The predicted molar refractivity (Wildman–Crippen MR) is 67.2 cm³/mol. The van der Waals surface area contributed by atoms with E-state index < -0.39 is 0 Å². The van der Waals surface area contributed by atoms with Crippen molar-refractivity contribution in [2.45, 2.75) is 32.4 Å². The fraction of sp³-hybridized carbons (Fsp3) is 0.500. The Morgan fingerprint density at radius 2 is 2.37 bits per heavy atom. The van der Waals surface area contributed by atoms with Crippen LogP contribution in [-0.2, 0) is 13.6 Å². The Morgan fingerprint density at radius 1 is 1.58 bits per heavy atom. The third kappa shape index (κ3) is 2.35. The average molecular weight is 260 g/mol. The molecule has 1 fully saturated rings. The number of amides is 1. The number of aryl methyl sites for hydroxylation is 2. The van der Waals surface area contributed by atoms with Gasteiger partial charge in [-0.1, -0.05) is 0 Å². The lowest BCUT2D eigenvalue weighted by Gasteiger charge is -2.20. The van der Waals surface area contributed by atoms with Crippen molar-refractivity contribution in [2.24, 2.45) is 7.05 Å². The highest BCUT2D eigenvalue weighted by molar-refractivity contribution is 5.90. The van der Waals surface area contributed by atoms with Crippen molar-refractivity contribution in [3.63, 3.8) is 0 Å². The number of hydrogen-bond acceptors (Lipinski definition) is 4. The Morgan fingerprint density at radius 3 is 2.89 bits per heavy atom. The summed E-state index contributed by atoms with van der Waals surface area (Å²) < 4.78 is 1.92. The molecule has 0 bridgehead atoms. The Hall–Kier alpha value is -2.18. The molecule has 3 rings (SSSR count). The molecule has 1 N–H and O–H groups in total. The summed E-state index contributed by atoms with van der Waals surface area (Å²) >= 11 is 0. The minimum absolute atomic E-state index is 0.130. The summed E-state index contributed by atoms with van der Waals surface area (Å²) in [5, 5.41) is 6.65. The van der Waals surface area contributed by atoms with Crippen LogP contribution in [0.1, 0.15) is 35.1 Å². The summed E-state index contributed by atoms with van der Waals surface area (Å²) in [5.74, 6) is 1.62. The number of H-pyrrole nitrogens is 1. The first-order chi connectivity index (χ1) is 9.15. The molecule has 0 spiro atoms. The highest BCUT2D eigenvalue weighted by Gasteiger charge is 2.35. The van der Waals surface area contributed by atoms with E-state index in [1.54, 1.807) is 13.1 Å². The van der Waals surface area contributed by atoms with Crippen LogP contribution in [0, 0.1) is 6.92 Å². The van der Waals surface area contributed by atoms with Crippen LogP contribution in [0.2, 0.25) is 0 Å². The van der Waals surface area contributed by atoms with Crippen molar-refractivity contribution >= 4 is 5.91 Å². The van der Waals surface area contributed by atoms with Gasteiger partial charge in [-0.25, -0.2) is 9.97 Å². The normalized spacial score (nSPS) is 14.6. The highest BCUT2D eigenvalue weighted by atomic mass is 16.2. The predicted octanol–water partition coefficient (Wildman–Crippen LogP) is 0.651. The fourth-order valence-electron chi connectivity index (χ4n) is 2.02. The van der Waals surface area contributed by atoms with Crippen LogP contribution in [0.15, 0.2) is 12.4 Å². The summed E-state index contributed by atoms with van der Waals surface area (Å²) in [5.41, 5.74) is 0. The second-order valence-corrected chi connectivity index (χ2v) is 4.86. The van der Waals surface area contributed by atoms with Gasteiger partial charge in [0.15, 0.2) is 0 Å². The fourth-order valence-corrected chi connectivity index (χ4v) is 2.02. The number of carbonyl (C=O) groups is 1. The number of nitrogens with one attached hydrogen (secondary N) is 1. The number of hydrogen-bond donors (Lipinski definition) is 1. The standard InChI is InChI=1S/C12H16N6O/c1-8-14-11(16-15-8)12(19)18(9-3-4-9)7-10-13-5-6-17(10)2/h5-6,9H,3-4,7H2,1-2H3,(H,14,15,16). The van der Waals surface area contributed by atoms with E-state index in [4.69, 9.17) is 0 Å². The van der Waals surface area contributed by atoms with Gasteiger partial charge in [-0.2, -0.15) is 0 Å². The number of carbonyl (C=O) groups excluding carboxylic acids is 1. The minimum atomic E-state index is -0.130. The lowest BCUT2D eigenvalue weighted by molar-refractivity contribution is 0.0712. The van der Waals surface area contributed by atoms with E-state index in [1.165, 1.54) is 0 Å². The molecule has 0 atom stereocenters. The number of nitrogens with zero attached hydrogens (tertiary/aromatic N) is 5. The van der Waals surface area contributed by atoms with Crippen LogP contribution in [-0.4, -0.2) is 41.6 Å². The van der Waals surface area contributed by atoms with Crippen molar-refractivity contribution in [3.05, 3.63) is 29.9 Å². The van der Waals surface area contributed by atoms with E-state index in [2.05, 4.69) is 20.2 Å². The van der Waals surface area contributed by atoms with Gasteiger partial charge in [0, 0.05) is 25.5 Å². The molecule has 1 aliphatic rings. The van der Waals surface area contributed by atoms with E-state index in [1.807, 2.05) is 22.7 Å². The Kier molecular flexibility index (Phi) is 2.81. The van der Waals surface area contributed by atoms with Gasteiger partial charge in [-0.3, -0.25) is 9.89 Å². The molecule has 7 nitrogen and oxygen atoms in total. The molecule has 1 amide bonds. The van der Waals surface area contributed by atoms with Crippen molar-refractivity contribution in [1.29, 1.82) is 0 Å². The van der Waals surface area contributed by atoms with Crippen LogP contribution in [0.5, 0.6) is 0 Å². The first kappa shape index (κ1) is 11.9. The van der Waals surface area contributed by atoms with Crippen molar-refractivity contribution in [2.75, 3.05) is 0 Å². The summed E-state index contributed by atoms with van der Waals surface area (Å²) in [6.07, 6.45) is 5.70. The first-order valence-electron chi connectivity index (χ1n) is 6.31. The maximum absolute atomic E-state index is 12.4. The zero-order valence-corrected chi connectivity index (χ0v) is 11.0. The molecule has 0 aromatic carbocycles. The van der Waals surface area contributed by atoms with Gasteiger partial charge < -0.3 is 9.47 Å². The Labute approximate surface area is 110 Å². The molecule has 0 aliphatic heterocycles. The number of aromatic nitrogens is 5. The zero-order chi connectivity index (χ0) is 13.4. The molecule has 19 heavy (non-hydrogen) atoms. The molecular formula is C12H16N6O. The third-order valence-corrected chi connectivity index (χ3v) is 3.27. The molecular weight excluding hydrogens is 244 g/mol. The van der Waals surface area contributed by atoms with Gasteiger partial charge in [0.05, 0.1) is 6.54 Å². The Bertz CT molecular complexity index is 597. The molecule has 100 valence electrons. The third-order valence-electron chi connectivity index (χ3n) is 3.27. The highest BCUT2D eigenvalue weighted by Crippen LogP contribution is 2.29. The lowest BCUT2D eigenvalue weighted by atomic mass is 10.4. The molecule has 0 saturated heterocycles. The molecule has 2 aromatic rings. The Balaban J connectivity index is 1.81. The van der Waals surface area contributed by atoms with Crippen LogP contribution >= 0.6 is 0 Å². The van der Waals surface area contributed by atoms with Gasteiger partial charge >= 0.3 is 0 Å². The minimum Gasteiger partial charge on any atom is -0.337 e. The number of imidazole rings is 1. The smallest absolute Gasteiger partial charge is 0.294 e. The molecule has 0 radical (unpaired) electrons. The molecule has 2 heterocycles. The molecule has 2 aromatic heterocycles. The zero-order valence-electron chi connectivity index (χ0n) is 11.0. The summed E-state index contributed by atoms with van der Waals surface area (Å²) in [6.45, 7) is 2.28. The lowest BCUT2D eigenvalue weighted by Crippen LogP contribution is -2.34. The van der Waals surface area contributed by atoms with E-state index >= 15 is 0 Å². The quantitative estimate of drug-likeness (QED) is 0.875. The maximum Gasteiger partial charge on any atom is 0.294 e. The average Bonchev–Trinajstić information content (AvgIpc) is 3.01. The second-order valence-electron chi connectivity index (χ2n) is 4.86. The van der Waals surface area contributed by atoms with Crippen LogP contribution in [0.25, 0.3) is 0 Å². The largest absolute Gasteiger partial charge is 0.337 e. The monoisotopic (exact) mass is 260 g/mol. The van der Waals surface area contributed by atoms with Gasteiger partial charge in [-0.15, -0.1) is 5.10 Å². The maximum atomic E-state index is 12.4. The molecule has 0 unspecified atom stereocenters.